The largest absolute Gasteiger partial charge is 0.493 e. The number of carbonyl (C=O) groups is 1. The van der Waals surface area contributed by atoms with Crippen molar-refractivity contribution < 1.29 is 23.7 Å². The molecule has 3 rings (SSSR count). The molecule has 1 amide bonds. The van der Waals surface area contributed by atoms with Crippen molar-refractivity contribution in [2.75, 3.05) is 40.7 Å². The molecular weight excluding hydrogens is 480 g/mol. The molecule has 0 saturated carbocycles. The first-order valence-corrected chi connectivity index (χ1v) is 10.2. The minimum atomic E-state index is -0.179. The first-order valence-electron chi connectivity index (χ1n) is 9.46. The summed E-state index contributed by atoms with van der Waals surface area (Å²) in [6.07, 6.45) is 1.55. The number of amides is 1. The van der Waals surface area contributed by atoms with Crippen molar-refractivity contribution in [2.45, 2.75) is 0 Å². The fraction of sp³-hybridized carbons (Fsp3) is 0.227. The summed E-state index contributed by atoms with van der Waals surface area (Å²) in [5.41, 5.74) is 1.04. The number of ether oxygens (including phenoxy) is 4. The molecule has 0 aliphatic carbocycles. The van der Waals surface area contributed by atoms with Crippen molar-refractivity contribution in [3.63, 3.8) is 0 Å². The smallest absolute Gasteiger partial charge is 0.257 e. The predicted octanol–water partition coefficient (Wildman–Crippen LogP) is 4.50. The number of halogens is 1. The van der Waals surface area contributed by atoms with Gasteiger partial charge in [-0.15, -0.1) is 0 Å². The van der Waals surface area contributed by atoms with Crippen molar-refractivity contribution in [3.8, 4) is 28.9 Å². The minimum Gasteiger partial charge on any atom is -0.493 e. The molecule has 0 radical (unpaired) electrons. The zero-order valence-electron chi connectivity index (χ0n) is 18.3. The standard InChI is InChI=1S/C22H23BrN4O5/c1-27(2)21(28)14-8-6-7-9-16(14)32-20-15(23)12-24-22(26-20)25-13-10-17(29-3)19(31-5)18(11-13)30-4/h6-12H,1-5H3,(H,24,25,26). The number of hydrogen-bond donors (Lipinski definition) is 1. The molecule has 0 atom stereocenters. The molecule has 2 aromatic carbocycles. The highest BCUT2D eigenvalue weighted by Crippen LogP contribution is 2.40. The van der Waals surface area contributed by atoms with Crippen LogP contribution in [0, 0.1) is 0 Å². The zero-order valence-corrected chi connectivity index (χ0v) is 19.9. The average molecular weight is 503 g/mol. The van der Waals surface area contributed by atoms with Crippen LogP contribution < -0.4 is 24.3 Å². The van der Waals surface area contributed by atoms with Gasteiger partial charge in [0.1, 0.15) is 5.75 Å². The molecule has 0 aliphatic heterocycles. The van der Waals surface area contributed by atoms with Crippen LogP contribution in [0.5, 0.6) is 28.9 Å². The third-order valence-corrected chi connectivity index (χ3v) is 4.91. The van der Waals surface area contributed by atoms with Crippen molar-refractivity contribution in [1.82, 2.24) is 14.9 Å². The molecule has 1 heterocycles. The van der Waals surface area contributed by atoms with Gasteiger partial charge in [-0.05, 0) is 28.1 Å². The maximum atomic E-state index is 12.5. The Labute approximate surface area is 194 Å². The Balaban J connectivity index is 1.92. The Bertz CT molecular complexity index is 1100. The fourth-order valence-corrected chi connectivity index (χ4v) is 3.11. The third-order valence-electron chi connectivity index (χ3n) is 4.36. The van der Waals surface area contributed by atoms with Crippen LogP contribution >= 0.6 is 15.9 Å². The van der Waals surface area contributed by atoms with E-state index in [1.54, 1.807) is 56.7 Å². The lowest BCUT2D eigenvalue weighted by Crippen LogP contribution is -2.22. The van der Waals surface area contributed by atoms with Crippen LogP contribution in [0.2, 0.25) is 0 Å². The van der Waals surface area contributed by atoms with Crippen molar-refractivity contribution in [3.05, 3.63) is 52.6 Å². The van der Waals surface area contributed by atoms with Crippen LogP contribution in [0.4, 0.5) is 11.6 Å². The molecular formula is C22H23BrN4O5. The van der Waals surface area contributed by atoms with Crippen LogP contribution in [0.3, 0.4) is 0 Å². The summed E-state index contributed by atoms with van der Waals surface area (Å²) in [5.74, 6) is 2.16. The summed E-state index contributed by atoms with van der Waals surface area (Å²) < 4.78 is 22.6. The van der Waals surface area contributed by atoms with Gasteiger partial charge in [-0.2, -0.15) is 4.98 Å². The van der Waals surface area contributed by atoms with E-state index in [9.17, 15) is 4.79 Å². The molecule has 10 heteroatoms. The van der Waals surface area contributed by atoms with E-state index in [4.69, 9.17) is 18.9 Å². The number of benzene rings is 2. The molecule has 0 unspecified atom stereocenters. The maximum absolute atomic E-state index is 12.5. The summed E-state index contributed by atoms with van der Waals surface area (Å²) in [6.45, 7) is 0. The van der Waals surface area contributed by atoms with Crippen LogP contribution in [-0.4, -0.2) is 56.2 Å². The quantitative estimate of drug-likeness (QED) is 0.480. The maximum Gasteiger partial charge on any atom is 0.257 e. The van der Waals surface area contributed by atoms with E-state index >= 15 is 0 Å². The second-order valence-corrected chi connectivity index (χ2v) is 7.54. The number of carbonyl (C=O) groups excluding carboxylic acids is 1. The van der Waals surface area contributed by atoms with Gasteiger partial charge in [0.05, 0.1) is 37.6 Å². The molecule has 0 spiro atoms. The summed E-state index contributed by atoms with van der Waals surface area (Å²) in [5, 5.41) is 3.10. The van der Waals surface area contributed by atoms with Gasteiger partial charge in [0, 0.05) is 31.9 Å². The Morgan fingerprint density at radius 3 is 2.25 bits per heavy atom. The van der Waals surface area contributed by atoms with E-state index in [0.29, 0.717) is 38.7 Å². The topological polar surface area (TPSA) is 95.0 Å². The van der Waals surface area contributed by atoms with Gasteiger partial charge in [-0.25, -0.2) is 4.98 Å². The number of nitrogens with zero attached hydrogens (tertiary/aromatic N) is 3. The molecule has 0 fully saturated rings. The second-order valence-electron chi connectivity index (χ2n) is 6.68. The molecule has 1 aromatic heterocycles. The molecule has 0 bridgehead atoms. The van der Waals surface area contributed by atoms with Crippen molar-refractivity contribution >= 4 is 33.5 Å². The molecule has 3 aromatic rings. The normalized spacial score (nSPS) is 10.3. The first kappa shape index (κ1) is 23.1. The lowest BCUT2D eigenvalue weighted by atomic mass is 10.2. The number of hydrogen-bond acceptors (Lipinski definition) is 8. The lowest BCUT2D eigenvalue weighted by molar-refractivity contribution is 0.0825. The Kier molecular flexibility index (Phi) is 7.37. The summed E-state index contributed by atoms with van der Waals surface area (Å²) in [7, 11) is 7.97. The Hall–Kier alpha value is -3.53. The number of aromatic nitrogens is 2. The van der Waals surface area contributed by atoms with Gasteiger partial charge in [-0.1, -0.05) is 12.1 Å². The van der Waals surface area contributed by atoms with E-state index in [1.807, 2.05) is 0 Å². The van der Waals surface area contributed by atoms with E-state index in [2.05, 4.69) is 31.2 Å². The van der Waals surface area contributed by atoms with E-state index in [0.717, 1.165) is 0 Å². The highest BCUT2D eigenvalue weighted by molar-refractivity contribution is 9.10. The molecule has 1 N–H and O–H groups in total. The molecule has 0 saturated heterocycles. The number of methoxy groups -OCH3 is 3. The van der Waals surface area contributed by atoms with Crippen LogP contribution in [-0.2, 0) is 0 Å². The van der Waals surface area contributed by atoms with Gasteiger partial charge in [0.15, 0.2) is 11.5 Å². The molecule has 168 valence electrons. The third kappa shape index (κ3) is 5.02. The number of nitrogens with one attached hydrogen (secondary N) is 1. The monoisotopic (exact) mass is 502 g/mol. The highest BCUT2D eigenvalue weighted by atomic mass is 79.9. The number of anilines is 2. The Morgan fingerprint density at radius 1 is 1.00 bits per heavy atom. The minimum absolute atomic E-state index is 0.179. The SMILES string of the molecule is COc1cc(Nc2ncc(Br)c(Oc3ccccc3C(=O)N(C)C)n2)cc(OC)c1OC. The summed E-state index contributed by atoms with van der Waals surface area (Å²) >= 11 is 3.40. The van der Waals surface area contributed by atoms with Crippen LogP contribution in [0.1, 0.15) is 10.4 Å². The predicted molar refractivity (Wildman–Crippen MR) is 124 cm³/mol. The van der Waals surface area contributed by atoms with Gasteiger partial charge in [0.25, 0.3) is 5.91 Å². The number of rotatable bonds is 8. The van der Waals surface area contributed by atoms with E-state index < -0.39 is 0 Å². The molecule has 32 heavy (non-hydrogen) atoms. The average Bonchev–Trinajstić information content (AvgIpc) is 2.80. The van der Waals surface area contributed by atoms with Gasteiger partial charge in [-0.3, -0.25) is 4.79 Å². The molecule has 9 nitrogen and oxygen atoms in total. The summed E-state index contributed by atoms with van der Waals surface area (Å²) in [6, 6.07) is 10.4. The fourth-order valence-electron chi connectivity index (χ4n) is 2.84. The number of para-hydroxylation sites is 1. The molecule has 0 aliphatic rings. The Morgan fingerprint density at radius 2 is 1.66 bits per heavy atom. The highest BCUT2D eigenvalue weighted by Gasteiger charge is 2.18. The van der Waals surface area contributed by atoms with Crippen LogP contribution in [0.15, 0.2) is 47.1 Å². The van der Waals surface area contributed by atoms with E-state index in [-0.39, 0.29) is 17.7 Å². The van der Waals surface area contributed by atoms with Gasteiger partial charge in [0.2, 0.25) is 17.6 Å². The first-order chi connectivity index (χ1) is 15.4. The lowest BCUT2D eigenvalue weighted by Gasteiger charge is -2.16. The van der Waals surface area contributed by atoms with Gasteiger partial charge >= 0.3 is 0 Å². The van der Waals surface area contributed by atoms with E-state index in [1.165, 1.54) is 26.2 Å². The zero-order chi connectivity index (χ0) is 23.3. The van der Waals surface area contributed by atoms with Crippen molar-refractivity contribution in [1.29, 1.82) is 0 Å². The van der Waals surface area contributed by atoms with Crippen LogP contribution in [0.25, 0.3) is 0 Å². The summed E-state index contributed by atoms with van der Waals surface area (Å²) in [4.78, 5) is 22.7. The van der Waals surface area contributed by atoms with Crippen molar-refractivity contribution in [2.24, 2.45) is 0 Å². The second kappa shape index (κ2) is 10.2. The van der Waals surface area contributed by atoms with Gasteiger partial charge < -0.3 is 29.2 Å².